The Morgan fingerprint density at radius 1 is 1.21 bits per heavy atom. The minimum atomic E-state index is 0.0794. The molecule has 0 aliphatic rings. The Labute approximate surface area is 114 Å². The first-order chi connectivity index (χ1) is 9.26. The van der Waals surface area contributed by atoms with Crippen LogP contribution in [0.15, 0.2) is 42.9 Å². The fourth-order valence-corrected chi connectivity index (χ4v) is 2.22. The maximum atomic E-state index is 5.95. The Bertz CT molecular complexity index is 495. The highest BCUT2D eigenvalue weighted by molar-refractivity contribution is 5.49. The molecule has 0 bridgehead atoms. The van der Waals surface area contributed by atoms with E-state index in [2.05, 4.69) is 53.0 Å². The minimum absolute atomic E-state index is 0.0794. The molecule has 19 heavy (non-hydrogen) atoms. The summed E-state index contributed by atoms with van der Waals surface area (Å²) in [5, 5.41) is 0. The van der Waals surface area contributed by atoms with Crippen LogP contribution in [0.4, 0.5) is 5.69 Å². The summed E-state index contributed by atoms with van der Waals surface area (Å²) in [6.45, 7) is 5.63. The van der Waals surface area contributed by atoms with Crippen LogP contribution in [0.1, 0.15) is 24.2 Å². The summed E-state index contributed by atoms with van der Waals surface area (Å²) >= 11 is 0. The highest BCUT2D eigenvalue weighted by Gasteiger charge is 2.19. The first kappa shape index (κ1) is 13.5. The van der Waals surface area contributed by atoms with Gasteiger partial charge in [0.2, 0.25) is 0 Å². The molecular weight excluding hydrogens is 236 g/mol. The largest absolute Gasteiger partial charge is 0.362 e. The summed E-state index contributed by atoms with van der Waals surface area (Å²) in [7, 11) is 0. The molecule has 4 heteroatoms. The standard InChI is InChI=1S/C15H20N4/c1-3-19(13-6-4-12(2)5-7-13)15(10-16)14-8-9-17-11-18-14/h4-9,11,15H,3,10,16H2,1-2H3. The van der Waals surface area contributed by atoms with Gasteiger partial charge in [0, 0.05) is 25.0 Å². The third-order valence-corrected chi connectivity index (χ3v) is 3.25. The smallest absolute Gasteiger partial charge is 0.115 e. The Morgan fingerprint density at radius 3 is 2.47 bits per heavy atom. The lowest BCUT2D eigenvalue weighted by atomic mass is 10.1. The maximum absolute atomic E-state index is 5.95. The zero-order valence-electron chi connectivity index (χ0n) is 11.5. The van der Waals surface area contributed by atoms with E-state index in [4.69, 9.17) is 5.73 Å². The predicted molar refractivity (Wildman–Crippen MR) is 78.0 cm³/mol. The van der Waals surface area contributed by atoms with Gasteiger partial charge < -0.3 is 10.6 Å². The van der Waals surface area contributed by atoms with Crippen LogP contribution in [-0.2, 0) is 0 Å². The van der Waals surface area contributed by atoms with Crippen molar-refractivity contribution >= 4 is 5.69 Å². The molecule has 0 aliphatic carbocycles. The Hall–Kier alpha value is -1.94. The van der Waals surface area contributed by atoms with Crippen molar-refractivity contribution in [2.75, 3.05) is 18.0 Å². The van der Waals surface area contributed by atoms with Crippen LogP contribution in [0, 0.1) is 6.92 Å². The fraction of sp³-hybridized carbons (Fsp3) is 0.333. The average molecular weight is 256 g/mol. The van der Waals surface area contributed by atoms with E-state index in [9.17, 15) is 0 Å². The van der Waals surface area contributed by atoms with Gasteiger partial charge >= 0.3 is 0 Å². The monoisotopic (exact) mass is 256 g/mol. The van der Waals surface area contributed by atoms with E-state index in [1.807, 2.05) is 6.07 Å². The Balaban J connectivity index is 2.31. The van der Waals surface area contributed by atoms with Gasteiger partial charge in [-0.2, -0.15) is 0 Å². The third-order valence-electron chi connectivity index (χ3n) is 3.25. The Kier molecular flexibility index (Phi) is 4.47. The number of aromatic nitrogens is 2. The van der Waals surface area contributed by atoms with Crippen molar-refractivity contribution in [3.8, 4) is 0 Å². The summed E-state index contributed by atoms with van der Waals surface area (Å²) in [5.41, 5.74) is 9.33. The summed E-state index contributed by atoms with van der Waals surface area (Å²) in [6, 6.07) is 10.5. The molecule has 1 aromatic carbocycles. The van der Waals surface area contributed by atoms with Crippen LogP contribution in [0.5, 0.6) is 0 Å². The number of hydrogen-bond acceptors (Lipinski definition) is 4. The molecule has 0 saturated carbocycles. The summed E-state index contributed by atoms with van der Waals surface area (Å²) in [6.07, 6.45) is 3.33. The summed E-state index contributed by atoms with van der Waals surface area (Å²) < 4.78 is 0. The average Bonchev–Trinajstić information content (AvgIpc) is 2.47. The number of nitrogens with zero attached hydrogens (tertiary/aromatic N) is 3. The van der Waals surface area contributed by atoms with Crippen molar-refractivity contribution in [3.63, 3.8) is 0 Å². The lowest BCUT2D eigenvalue weighted by molar-refractivity contribution is 0.624. The molecule has 4 nitrogen and oxygen atoms in total. The van der Waals surface area contributed by atoms with E-state index >= 15 is 0 Å². The van der Waals surface area contributed by atoms with Crippen LogP contribution >= 0.6 is 0 Å². The molecule has 1 heterocycles. The van der Waals surface area contributed by atoms with E-state index in [-0.39, 0.29) is 6.04 Å². The van der Waals surface area contributed by atoms with Crippen LogP contribution in [-0.4, -0.2) is 23.1 Å². The highest BCUT2D eigenvalue weighted by atomic mass is 15.2. The molecule has 0 amide bonds. The second-order valence-corrected chi connectivity index (χ2v) is 4.51. The second kappa shape index (κ2) is 6.29. The minimum Gasteiger partial charge on any atom is -0.362 e. The number of benzene rings is 1. The number of anilines is 1. The van der Waals surface area contributed by atoms with Crippen molar-refractivity contribution < 1.29 is 0 Å². The Morgan fingerprint density at radius 2 is 1.95 bits per heavy atom. The molecule has 2 N–H and O–H groups in total. The van der Waals surface area contributed by atoms with E-state index in [1.165, 1.54) is 11.3 Å². The van der Waals surface area contributed by atoms with Crippen molar-refractivity contribution in [2.45, 2.75) is 19.9 Å². The van der Waals surface area contributed by atoms with E-state index in [0.29, 0.717) is 6.54 Å². The van der Waals surface area contributed by atoms with Crippen molar-refractivity contribution in [1.82, 2.24) is 9.97 Å². The number of rotatable bonds is 5. The maximum Gasteiger partial charge on any atom is 0.115 e. The molecule has 0 radical (unpaired) electrons. The summed E-state index contributed by atoms with van der Waals surface area (Å²) in [4.78, 5) is 10.6. The number of likely N-dealkylation sites (N-methyl/N-ethyl adjacent to an activating group) is 1. The van der Waals surface area contributed by atoms with E-state index < -0.39 is 0 Å². The molecule has 0 aliphatic heterocycles. The lowest BCUT2D eigenvalue weighted by Crippen LogP contribution is -2.34. The number of aryl methyl sites for hydroxylation is 1. The van der Waals surface area contributed by atoms with E-state index in [0.717, 1.165) is 12.2 Å². The third kappa shape index (κ3) is 3.09. The molecule has 0 saturated heterocycles. The predicted octanol–water partition coefficient (Wildman–Crippen LogP) is 2.31. The first-order valence-corrected chi connectivity index (χ1v) is 6.55. The van der Waals surface area contributed by atoms with Crippen molar-refractivity contribution in [1.29, 1.82) is 0 Å². The molecule has 1 aromatic heterocycles. The molecule has 1 unspecified atom stereocenters. The van der Waals surface area contributed by atoms with Gasteiger partial charge in [-0.1, -0.05) is 17.7 Å². The normalized spacial score (nSPS) is 12.2. The molecule has 100 valence electrons. The zero-order valence-corrected chi connectivity index (χ0v) is 11.5. The van der Waals surface area contributed by atoms with Crippen LogP contribution in [0.3, 0.4) is 0 Å². The molecule has 0 spiro atoms. The fourth-order valence-electron chi connectivity index (χ4n) is 2.22. The quantitative estimate of drug-likeness (QED) is 0.892. The SMILES string of the molecule is CCN(c1ccc(C)cc1)C(CN)c1ccncn1. The van der Waals surface area contributed by atoms with Gasteiger partial charge in [0.1, 0.15) is 6.33 Å². The summed E-state index contributed by atoms with van der Waals surface area (Å²) in [5.74, 6) is 0. The molecule has 0 fully saturated rings. The van der Waals surface area contributed by atoms with E-state index in [1.54, 1.807) is 12.5 Å². The molecule has 2 aromatic rings. The van der Waals surface area contributed by atoms with Crippen LogP contribution < -0.4 is 10.6 Å². The topological polar surface area (TPSA) is 55.0 Å². The van der Waals surface area contributed by atoms with Gasteiger partial charge in [-0.3, -0.25) is 0 Å². The lowest BCUT2D eigenvalue weighted by Gasteiger charge is -2.31. The van der Waals surface area contributed by atoms with Crippen LogP contribution in [0.25, 0.3) is 0 Å². The van der Waals surface area contributed by atoms with Crippen LogP contribution in [0.2, 0.25) is 0 Å². The zero-order chi connectivity index (χ0) is 13.7. The van der Waals surface area contributed by atoms with Gasteiger partial charge in [0.15, 0.2) is 0 Å². The van der Waals surface area contributed by atoms with Gasteiger partial charge in [0.25, 0.3) is 0 Å². The van der Waals surface area contributed by atoms with Crippen molar-refractivity contribution in [3.05, 3.63) is 54.1 Å². The number of nitrogens with two attached hydrogens (primary N) is 1. The molecule has 2 rings (SSSR count). The van der Waals surface area contributed by atoms with Gasteiger partial charge in [-0.05, 0) is 32.0 Å². The molecular formula is C15H20N4. The van der Waals surface area contributed by atoms with Gasteiger partial charge in [-0.25, -0.2) is 9.97 Å². The van der Waals surface area contributed by atoms with Gasteiger partial charge in [0.05, 0.1) is 11.7 Å². The second-order valence-electron chi connectivity index (χ2n) is 4.51. The highest BCUT2D eigenvalue weighted by Crippen LogP contribution is 2.25. The van der Waals surface area contributed by atoms with Crippen molar-refractivity contribution in [2.24, 2.45) is 5.73 Å². The van der Waals surface area contributed by atoms with Gasteiger partial charge in [-0.15, -0.1) is 0 Å². The number of hydrogen-bond donors (Lipinski definition) is 1. The molecule has 1 atom stereocenters. The first-order valence-electron chi connectivity index (χ1n) is 6.55.